The molecule has 1 aliphatic rings. The molecule has 2 aromatic rings. The fourth-order valence-corrected chi connectivity index (χ4v) is 4.09. The molecule has 1 heterocycles. The van der Waals surface area contributed by atoms with Crippen molar-refractivity contribution in [3.63, 3.8) is 0 Å². The van der Waals surface area contributed by atoms with Crippen LogP contribution in [0.1, 0.15) is 20.7 Å². The van der Waals surface area contributed by atoms with Gasteiger partial charge in [0.1, 0.15) is 5.82 Å². The number of methoxy groups -OCH3 is 1. The van der Waals surface area contributed by atoms with Crippen LogP contribution in [0.3, 0.4) is 0 Å². The van der Waals surface area contributed by atoms with Gasteiger partial charge in [0.15, 0.2) is 0 Å². The van der Waals surface area contributed by atoms with Gasteiger partial charge < -0.3 is 14.6 Å². The van der Waals surface area contributed by atoms with Crippen LogP contribution in [0.15, 0.2) is 42.5 Å². The molecular formula is C19H19FN2O6S. The van der Waals surface area contributed by atoms with Crippen LogP contribution < -0.4 is 4.31 Å². The van der Waals surface area contributed by atoms with Crippen molar-refractivity contribution in [3.8, 4) is 0 Å². The predicted octanol–water partition coefficient (Wildman–Crippen LogP) is 2.36. The molecule has 0 spiro atoms. The number of hydrogen-bond acceptors (Lipinski definition) is 5. The smallest absolute Gasteiger partial charge is 0.337 e. The van der Waals surface area contributed by atoms with E-state index in [0.717, 1.165) is 0 Å². The molecule has 0 bridgehead atoms. The molecule has 1 saturated heterocycles. The van der Waals surface area contributed by atoms with Crippen molar-refractivity contribution in [1.29, 1.82) is 0 Å². The average Bonchev–Trinajstić information content (AvgIpc) is 2.75. The second-order valence-corrected chi connectivity index (χ2v) is 7.45. The number of anilines is 2. The normalized spacial score (nSPS) is 15.5. The third-order valence-corrected chi connectivity index (χ3v) is 5.77. The molecule has 0 aliphatic carbocycles. The lowest BCUT2D eigenvalue weighted by Crippen LogP contribution is -2.43. The van der Waals surface area contributed by atoms with Gasteiger partial charge in [-0.05, 0) is 42.5 Å². The van der Waals surface area contributed by atoms with E-state index in [1.807, 2.05) is 0 Å². The van der Waals surface area contributed by atoms with Crippen LogP contribution in [-0.4, -0.2) is 59.0 Å². The average molecular weight is 422 g/mol. The molecule has 0 radical (unpaired) electrons. The number of ether oxygens (including phenoxy) is 2. The number of esters is 1. The zero-order valence-electron chi connectivity index (χ0n) is 15.5. The van der Waals surface area contributed by atoms with E-state index in [1.54, 1.807) is 4.31 Å². The Balaban J connectivity index is 2.13. The summed E-state index contributed by atoms with van der Waals surface area (Å²) in [7, 11) is 1.18. The van der Waals surface area contributed by atoms with E-state index in [2.05, 4.69) is 0 Å². The summed E-state index contributed by atoms with van der Waals surface area (Å²) >= 11 is -1.78. The van der Waals surface area contributed by atoms with Gasteiger partial charge in [-0.2, -0.15) is 0 Å². The largest absolute Gasteiger partial charge is 0.478 e. The van der Waals surface area contributed by atoms with Crippen molar-refractivity contribution in [2.45, 2.75) is 0 Å². The van der Waals surface area contributed by atoms with Gasteiger partial charge in [-0.25, -0.2) is 26.8 Å². The minimum atomic E-state index is -1.78. The van der Waals surface area contributed by atoms with Crippen LogP contribution in [0.4, 0.5) is 15.8 Å². The zero-order chi connectivity index (χ0) is 21.0. The minimum absolute atomic E-state index is 0.00603. The minimum Gasteiger partial charge on any atom is -0.478 e. The Kier molecular flexibility index (Phi) is 6.57. The van der Waals surface area contributed by atoms with Gasteiger partial charge >= 0.3 is 11.9 Å². The maximum absolute atomic E-state index is 13.4. The van der Waals surface area contributed by atoms with Gasteiger partial charge in [-0.1, -0.05) is 0 Å². The van der Waals surface area contributed by atoms with Gasteiger partial charge in [-0.3, -0.25) is 0 Å². The van der Waals surface area contributed by atoms with Crippen molar-refractivity contribution in [2.75, 3.05) is 37.7 Å². The highest BCUT2D eigenvalue weighted by atomic mass is 32.2. The van der Waals surface area contributed by atoms with Crippen LogP contribution in [-0.2, 0) is 20.6 Å². The molecule has 1 fully saturated rings. The van der Waals surface area contributed by atoms with E-state index >= 15 is 0 Å². The highest BCUT2D eigenvalue weighted by Crippen LogP contribution is 2.31. The highest BCUT2D eigenvalue weighted by molar-refractivity contribution is 7.84. The molecule has 154 valence electrons. The first kappa shape index (κ1) is 20.9. The molecule has 2 aromatic carbocycles. The summed E-state index contributed by atoms with van der Waals surface area (Å²) in [5.41, 5.74) is 0.388. The first-order chi connectivity index (χ1) is 13.9. The standard InChI is InChI=1S/C19H19FN2O6S/c1-27-19(25)14-10-13(18(23)24)11-17(12-14)22(16-4-2-15(20)3-5-16)29(26)21-6-8-28-9-7-21/h2-5,10-12H,6-9H2,1H3,(H,23,24). The maximum Gasteiger partial charge on any atom is 0.337 e. The van der Waals surface area contributed by atoms with E-state index in [-0.39, 0.29) is 16.8 Å². The first-order valence-electron chi connectivity index (χ1n) is 8.68. The maximum atomic E-state index is 13.4. The van der Waals surface area contributed by atoms with Gasteiger partial charge in [0.05, 0.1) is 42.8 Å². The number of carboxylic acid groups (broad SMARTS) is 1. The summed E-state index contributed by atoms with van der Waals surface area (Å²) < 4.78 is 39.8. The van der Waals surface area contributed by atoms with Crippen LogP contribution in [0.2, 0.25) is 0 Å². The monoisotopic (exact) mass is 422 g/mol. The van der Waals surface area contributed by atoms with Gasteiger partial charge in [-0.15, -0.1) is 0 Å². The molecule has 8 nitrogen and oxygen atoms in total. The van der Waals surface area contributed by atoms with E-state index in [4.69, 9.17) is 9.47 Å². The Morgan fingerprint density at radius 1 is 1.10 bits per heavy atom. The number of carbonyl (C=O) groups is 2. The fraction of sp³-hybridized carbons (Fsp3) is 0.263. The summed E-state index contributed by atoms with van der Waals surface area (Å²) in [5.74, 6) is -2.46. The summed E-state index contributed by atoms with van der Waals surface area (Å²) in [6.07, 6.45) is 0. The number of carbonyl (C=O) groups excluding carboxylic acids is 1. The van der Waals surface area contributed by atoms with E-state index in [1.165, 1.54) is 53.9 Å². The lowest BCUT2D eigenvalue weighted by atomic mass is 10.1. The molecule has 29 heavy (non-hydrogen) atoms. The quantitative estimate of drug-likeness (QED) is 0.718. The molecule has 0 amide bonds. The lowest BCUT2D eigenvalue weighted by molar-refractivity contribution is 0.0600. The van der Waals surface area contributed by atoms with Crippen LogP contribution in [0.25, 0.3) is 0 Å². The third kappa shape index (κ3) is 4.78. The molecular weight excluding hydrogens is 403 g/mol. The number of halogens is 1. The number of benzene rings is 2. The zero-order valence-corrected chi connectivity index (χ0v) is 16.4. The summed E-state index contributed by atoms with van der Waals surface area (Å²) in [6, 6.07) is 9.15. The molecule has 3 rings (SSSR count). The topological polar surface area (TPSA) is 96.4 Å². The van der Waals surface area contributed by atoms with Gasteiger partial charge in [0.25, 0.3) is 0 Å². The van der Waals surface area contributed by atoms with Crippen molar-refractivity contribution in [1.82, 2.24) is 4.31 Å². The van der Waals surface area contributed by atoms with E-state index in [9.17, 15) is 23.3 Å². The fourth-order valence-electron chi connectivity index (χ4n) is 2.81. The Bertz CT molecular complexity index is 931. The second-order valence-electron chi connectivity index (χ2n) is 6.11. The van der Waals surface area contributed by atoms with Crippen molar-refractivity contribution in [3.05, 3.63) is 59.4 Å². The number of hydrogen-bond donors (Lipinski definition) is 1. The number of nitrogens with zero attached hydrogens (tertiary/aromatic N) is 2. The Labute approximate surface area is 169 Å². The Hall–Kier alpha value is -2.82. The van der Waals surface area contributed by atoms with Gasteiger partial charge in [0, 0.05) is 13.1 Å². The molecule has 1 atom stereocenters. The number of carboxylic acids is 1. The van der Waals surface area contributed by atoms with Crippen LogP contribution in [0.5, 0.6) is 0 Å². The van der Waals surface area contributed by atoms with Crippen molar-refractivity contribution in [2.24, 2.45) is 0 Å². The Morgan fingerprint density at radius 3 is 2.31 bits per heavy atom. The van der Waals surface area contributed by atoms with E-state index in [0.29, 0.717) is 32.0 Å². The number of morpholine rings is 1. The summed E-state index contributed by atoms with van der Waals surface area (Å²) in [5, 5.41) is 9.44. The SMILES string of the molecule is COC(=O)c1cc(C(=O)O)cc(N(c2ccc(F)cc2)S(=O)N2CCOCC2)c1. The van der Waals surface area contributed by atoms with Crippen molar-refractivity contribution >= 4 is 34.5 Å². The Morgan fingerprint density at radius 2 is 1.72 bits per heavy atom. The molecule has 1 N–H and O–H groups in total. The third-order valence-electron chi connectivity index (χ3n) is 4.23. The molecule has 0 saturated carbocycles. The molecule has 1 aliphatic heterocycles. The molecule has 10 heteroatoms. The molecule has 1 unspecified atom stereocenters. The summed E-state index contributed by atoms with van der Waals surface area (Å²) in [6.45, 7) is 1.58. The lowest BCUT2D eigenvalue weighted by Gasteiger charge is -2.32. The van der Waals surface area contributed by atoms with Crippen LogP contribution in [0, 0.1) is 5.82 Å². The van der Waals surface area contributed by atoms with E-state index < -0.39 is 28.9 Å². The highest BCUT2D eigenvalue weighted by Gasteiger charge is 2.27. The van der Waals surface area contributed by atoms with Crippen LogP contribution >= 0.6 is 0 Å². The van der Waals surface area contributed by atoms with Crippen molar-refractivity contribution < 1.29 is 32.8 Å². The number of rotatable bonds is 6. The molecule has 0 aromatic heterocycles. The first-order valence-corrected chi connectivity index (χ1v) is 9.74. The second kappa shape index (κ2) is 9.12. The summed E-state index contributed by atoms with van der Waals surface area (Å²) in [4.78, 5) is 23.6. The van der Waals surface area contributed by atoms with Gasteiger partial charge in [0.2, 0.25) is 11.2 Å². The predicted molar refractivity (Wildman–Crippen MR) is 104 cm³/mol. The number of aromatic carboxylic acids is 1.